The quantitative estimate of drug-likeness (QED) is 0.586. The maximum Gasteiger partial charge on any atom is 0.0735 e. The molecule has 104 valence electrons. The Labute approximate surface area is 113 Å². The second-order valence-electron chi connectivity index (χ2n) is 5.65. The summed E-state index contributed by atoms with van der Waals surface area (Å²) in [5.74, 6) is 0.920. The van der Waals surface area contributed by atoms with Crippen molar-refractivity contribution in [2.75, 3.05) is 6.61 Å². The van der Waals surface area contributed by atoms with Crippen molar-refractivity contribution in [3.05, 3.63) is 0 Å². The molecule has 0 aromatic rings. The van der Waals surface area contributed by atoms with Crippen LogP contribution in [0.1, 0.15) is 71.6 Å². The highest BCUT2D eigenvalue weighted by molar-refractivity contribution is 4.93. The molecule has 1 aliphatic carbocycles. The van der Waals surface area contributed by atoms with Crippen molar-refractivity contribution in [3.8, 4) is 6.07 Å². The van der Waals surface area contributed by atoms with Crippen molar-refractivity contribution >= 4 is 0 Å². The molecule has 18 heavy (non-hydrogen) atoms. The van der Waals surface area contributed by atoms with Crippen molar-refractivity contribution in [2.45, 2.75) is 77.7 Å². The molecule has 0 N–H and O–H groups in total. The summed E-state index contributed by atoms with van der Waals surface area (Å²) < 4.78 is 5.98. The van der Waals surface area contributed by atoms with E-state index >= 15 is 0 Å². The molecular formula is C16H29NO. The summed E-state index contributed by atoms with van der Waals surface area (Å²) in [6.07, 6.45) is 11.2. The maximum absolute atomic E-state index is 9.16. The van der Waals surface area contributed by atoms with Crippen molar-refractivity contribution in [1.82, 2.24) is 0 Å². The number of rotatable bonds is 8. The van der Waals surface area contributed by atoms with E-state index in [2.05, 4.69) is 19.9 Å². The van der Waals surface area contributed by atoms with Gasteiger partial charge < -0.3 is 4.74 Å². The molecule has 0 aromatic heterocycles. The van der Waals surface area contributed by atoms with Gasteiger partial charge in [-0.2, -0.15) is 5.26 Å². The molecule has 0 saturated heterocycles. The van der Waals surface area contributed by atoms with Gasteiger partial charge in [-0.3, -0.25) is 0 Å². The first-order valence-corrected chi connectivity index (χ1v) is 7.83. The third-order valence-electron chi connectivity index (χ3n) is 4.22. The average Bonchev–Trinajstić information content (AvgIpc) is 2.42. The Morgan fingerprint density at radius 1 is 1.11 bits per heavy atom. The Kier molecular flexibility index (Phi) is 8.09. The predicted octanol–water partition coefficient (Wildman–Crippen LogP) is 4.69. The summed E-state index contributed by atoms with van der Waals surface area (Å²) in [4.78, 5) is 0. The molecule has 2 heteroatoms. The van der Waals surface area contributed by atoms with E-state index < -0.39 is 0 Å². The molecule has 0 amide bonds. The average molecular weight is 251 g/mol. The zero-order valence-corrected chi connectivity index (χ0v) is 12.2. The Morgan fingerprint density at radius 3 is 2.56 bits per heavy atom. The number of hydrogen-bond donors (Lipinski definition) is 0. The van der Waals surface area contributed by atoms with Gasteiger partial charge in [0, 0.05) is 6.61 Å². The lowest BCUT2D eigenvalue weighted by Crippen LogP contribution is -2.31. The fourth-order valence-corrected chi connectivity index (χ4v) is 2.85. The minimum absolute atomic E-state index is 0.142. The first-order chi connectivity index (χ1) is 8.81. The van der Waals surface area contributed by atoms with Crippen molar-refractivity contribution in [3.63, 3.8) is 0 Å². The fraction of sp³-hybridized carbons (Fsp3) is 0.938. The van der Waals surface area contributed by atoms with Crippen LogP contribution in [0.4, 0.5) is 0 Å². The van der Waals surface area contributed by atoms with Gasteiger partial charge in [-0.05, 0) is 31.6 Å². The topological polar surface area (TPSA) is 33.0 Å². The van der Waals surface area contributed by atoms with Gasteiger partial charge >= 0.3 is 0 Å². The highest BCUT2D eigenvalue weighted by atomic mass is 16.5. The minimum atomic E-state index is 0.142. The third kappa shape index (κ3) is 5.40. The second kappa shape index (κ2) is 9.39. The van der Waals surface area contributed by atoms with Gasteiger partial charge in [0.15, 0.2) is 0 Å². The summed E-state index contributed by atoms with van der Waals surface area (Å²) in [7, 11) is 0. The molecule has 3 atom stereocenters. The van der Waals surface area contributed by atoms with Gasteiger partial charge in [0.2, 0.25) is 0 Å². The van der Waals surface area contributed by atoms with Gasteiger partial charge in [-0.15, -0.1) is 0 Å². The number of hydrogen-bond acceptors (Lipinski definition) is 2. The van der Waals surface area contributed by atoms with Gasteiger partial charge in [-0.1, -0.05) is 46.0 Å². The van der Waals surface area contributed by atoms with E-state index in [1.165, 1.54) is 38.5 Å². The monoisotopic (exact) mass is 251 g/mol. The summed E-state index contributed by atoms with van der Waals surface area (Å²) in [6.45, 7) is 5.34. The van der Waals surface area contributed by atoms with Gasteiger partial charge in [0.1, 0.15) is 0 Å². The van der Waals surface area contributed by atoms with E-state index in [0.29, 0.717) is 0 Å². The molecule has 0 aliphatic heterocycles. The van der Waals surface area contributed by atoms with Gasteiger partial charge in [-0.25, -0.2) is 0 Å². The molecule has 1 rings (SSSR count). The zero-order valence-electron chi connectivity index (χ0n) is 12.2. The Hall–Kier alpha value is -0.550. The van der Waals surface area contributed by atoms with Crippen LogP contribution in [0.15, 0.2) is 0 Å². The van der Waals surface area contributed by atoms with E-state index in [9.17, 15) is 0 Å². The Balaban J connectivity index is 2.18. The number of ether oxygens (including phenoxy) is 1. The Bertz CT molecular complexity index is 246. The molecule has 2 nitrogen and oxygen atoms in total. The molecule has 0 spiro atoms. The first kappa shape index (κ1) is 15.5. The van der Waals surface area contributed by atoms with Crippen molar-refractivity contribution in [1.29, 1.82) is 5.26 Å². The lowest BCUT2D eigenvalue weighted by atomic mass is 9.79. The van der Waals surface area contributed by atoms with Crippen LogP contribution in [0.2, 0.25) is 0 Å². The van der Waals surface area contributed by atoms with E-state index in [4.69, 9.17) is 10.00 Å². The van der Waals surface area contributed by atoms with Crippen LogP contribution < -0.4 is 0 Å². The van der Waals surface area contributed by atoms with E-state index in [0.717, 1.165) is 31.8 Å². The molecule has 1 saturated carbocycles. The fourth-order valence-electron chi connectivity index (χ4n) is 2.85. The normalized spacial score (nSPS) is 27.9. The lowest BCUT2D eigenvalue weighted by Gasteiger charge is -2.32. The molecule has 0 aromatic carbocycles. The van der Waals surface area contributed by atoms with Crippen molar-refractivity contribution in [2.24, 2.45) is 11.8 Å². The van der Waals surface area contributed by atoms with E-state index in [-0.39, 0.29) is 12.0 Å². The number of unbranched alkanes of at least 4 members (excludes halogenated alkanes) is 4. The zero-order chi connectivity index (χ0) is 13.2. The largest absolute Gasteiger partial charge is 0.377 e. The predicted molar refractivity (Wildman–Crippen MR) is 75.2 cm³/mol. The summed E-state index contributed by atoms with van der Waals surface area (Å²) in [5.41, 5.74) is 0. The molecule has 0 bridgehead atoms. The van der Waals surface area contributed by atoms with Crippen molar-refractivity contribution < 1.29 is 4.74 Å². The van der Waals surface area contributed by atoms with Crippen LogP contribution >= 0.6 is 0 Å². The highest BCUT2D eigenvalue weighted by Crippen LogP contribution is 2.32. The van der Waals surface area contributed by atoms with Crippen LogP contribution in [0.3, 0.4) is 0 Å². The smallest absolute Gasteiger partial charge is 0.0735 e. The molecule has 1 fully saturated rings. The SMILES string of the molecule is CCCCCCCOC1CC(CC)CCC1C#N. The highest BCUT2D eigenvalue weighted by Gasteiger charge is 2.30. The van der Waals surface area contributed by atoms with E-state index in [1.54, 1.807) is 0 Å². The lowest BCUT2D eigenvalue weighted by molar-refractivity contribution is -0.0116. The summed E-state index contributed by atoms with van der Waals surface area (Å²) in [5, 5.41) is 9.16. The number of nitrogens with zero attached hydrogens (tertiary/aromatic N) is 1. The summed E-state index contributed by atoms with van der Waals surface area (Å²) in [6, 6.07) is 2.43. The van der Waals surface area contributed by atoms with E-state index in [1.807, 2.05) is 0 Å². The van der Waals surface area contributed by atoms with Crippen LogP contribution in [-0.4, -0.2) is 12.7 Å². The first-order valence-electron chi connectivity index (χ1n) is 7.83. The van der Waals surface area contributed by atoms with Crippen LogP contribution in [0.25, 0.3) is 0 Å². The van der Waals surface area contributed by atoms with Crippen LogP contribution in [0, 0.1) is 23.2 Å². The molecular weight excluding hydrogens is 222 g/mol. The number of nitriles is 1. The standard InChI is InChI=1S/C16H29NO/c1-3-5-6-7-8-11-18-16-12-14(4-2)9-10-15(16)13-17/h14-16H,3-12H2,1-2H3. The Morgan fingerprint density at radius 2 is 1.89 bits per heavy atom. The van der Waals surface area contributed by atoms with Gasteiger partial charge in [0.25, 0.3) is 0 Å². The van der Waals surface area contributed by atoms with Crippen LogP contribution in [0.5, 0.6) is 0 Å². The second-order valence-corrected chi connectivity index (χ2v) is 5.65. The minimum Gasteiger partial charge on any atom is -0.377 e. The third-order valence-corrected chi connectivity index (χ3v) is 4.22. The maximum atomic E-state index is 9.16. The summed E-state index contributed by atoms with van der Waals surface area (Å²) >= 11 is 0. The van der Waals surface area contributed by atoms with Gasteiger partial charge in [0.05, 0.1) is 18.1 Å². The van der Waals surface area contributed by atoms with Crippen LogP contribution in [-0.2, 0) is 4.74 Å². The molecule has 1 aliphatic rings. The molecule has 0 heterocycles. The molecule has 3 unspecified atom stereocenters. The molecule has 0 radical (unpaired) electrons.